The summed E-state index contributed by atoms with van der Waals surface area (Å²) in [5.74, 6) is 0.195. The maximum atomic E-state index is 11.6. The van der Waals surface area contributed by atoms with Crippen LogP contribution in [0.2, 0.25) is 4.34 Å². The van der Waals surface area contributed by atoms with Crippen molar-refractivity contribution < 1.29 is 14.4 Å². The molecule has 0 saturated carbocycles. The molecule has 0 bridgehead atoms. The highest BCUT2D eigenvalue weighted by Crippen LogP contribution is 2.31. The van der Waals surface area contributed by atoms with Crippen LogP contribution in [0.5, 0.6) is 0 Å². The standard InChI is InChI=1S/C11H11ClN2O3S/c12-10-3-2-9(18-10)8-6-7(14-17-8)11(16)13-4-1-5-15/h2-3,6,15H,1,4-5H2,(H,13,16). The zero-order valence-corrected chi connectivity index (χ0v) is 10.9. The molecule has 0 fully saturated rings. The lowest BCUT2D eigenvalue weighted by Crippen LogP contribution is -2.25. The van der Waals surface area contributed by atoms with Crippen LogP contribution in [-0.2, 0) is 0 Å². The number of amides is 1. The van der Waals surface area contributed by atoms with Crippen molar-refractivity contribution in [3.63, 3.8) is 0 Å². The molecule has 2 aromatic heterocycles. The first kappa shape index (κ1) is 13.1. The molecule has 0 aliphatic rings. The van der Waals surface area contributed by atoms with Crippen LogP contribution >= 0.6 is 22.9 Å². The molecule has 96 valence electrons. The van der Waals surface area contributed by atoms with E-state index in [0.29, 0.717) is 23.1 Å². The highest BCUT2D eigenvalue weighted by Gasteiger charge is 2.14. The van der Waals surface area contributed by atoms with E-state index in [-0.39, 0.29) is 18.2 Å². The van der Waals surface area contributed by atoms with Crippen LogP contribution in [0, 0.1) is 0 Å². The van der Waals surface area contributed by atoms with Crippen LogP contribution in [0.1, 0.15) is 16.9 Å². The van der Waals surface area contributed by atoms with E-state index in [1.165, 1.54) is 11.3 Å². The Kier molecular flexibility index (Phi) is 4.35. The molecule has 2 rings (SSSR count). The van der Waals surface area contributed by atoms with E-state index in [1.54, 1.807) is 18.2 Å². The number of hydrogen-bond acceptors (Lipinski definition) is 5. The van der Waals surface area contributed by atoms with Gasteiger partial charge in [0.1, 0.15) is 0 Å². The highest BCUT2D eigenvalue weighted by atomic mass is 35.5. The number of rotatable bonds is 5. The second kappa shape index (κ2) is 5.99. The van der Waals surface area contributed by atoms with Gasteiger partial charge in [-0.05, 0) is 18.6 Å². The van der Waals surface area contributed by atoms with Crippen molar-refractivity contribution in [2.45, 2.75) is 6.42 Å². The Balaban J connectivity index is 2.04. The third kappa shape index (κ3) is 3.10. The number of carbonyl (C=O) groups is 1. The molecule has 0 radical (unpaired) electrons. The number of nitrogens with zero attached hydrogens (tertiary/aromatic N) is 1. The number of hydrogen-bond donors (Lipinski definition) is 2. The second-order valence-corrected chi connectivity index (χ2v) is 5.23. The first-order chi connectivity index (χ1) is 8.70. The number of carbonyl (C=O) groups excluding carboxylic acids is 1. The fourth-order valence-corrected chi connectivity index (χ4v) is 2.31. The molecule has 2 N–H and O–H groups in total. The fraction of sp³-hybridized carbons (Fsp3) is 0.273. The smallest absolute Gasteiger partial charge is 0.273 e. The number of aliphatic hydroxyl groups excluding tert-OH is 1. The molecule has 0 aliphatic heterocycles. The number of halogens is 1. The molecule has 2 heterocycles. The van der Waals surface area contributed by atoms with Crippen LogP contribution in [0.15, 0.2) is 22.7 Å². The van der Waals surface area contributed by atoms with E-state index in [2.05, 4.69) is 10.5 Å². The topological polar surface area (TPSA) is 75.4 Å². The van der Waals surface area contributed by atoms with Crippen molar-refractivity contribution in [1.29, 1.82) is 0 Å². The summed E-state index contributed by atoms with van der Waals surface area (Å²) in [6, 6.07) is 5.13. The third-order valence-electron chi connectivity index (χ3n) is 2.18. The monoisotopic (exact) mass is 286 g/mol. The van der Waals surface area contributed by atoms with Gasteiger partial charge in [-0.1, -0.05) is 16.8 Å². The maximum absolute atomic E-state index is 11.6. The molecule has 0 unspecified atom stereocenters. The predicted octanol–water partition coefficient (Wildman–Crippen LogP) is 2.17. The zero-order chi connectivity index (χ0) is 13.0. The number of aromatic nitrogens is 1. The first-order valence-corrected chi connectivity index (χ1v) is 6.51. The largest absolute Gasteiger partial charge is 0.396 e. The summed E-state index contributed by atoms with van der Waals surface area (Å²) >= 11 is 7.17. The summed E-state index contributed by atoms with van der Waals surface area (Å²) < 4.78 is 5.73. The van der Waals surface area contributed by atoms with Crippen molar-refractivity contribution >= 4 is 28.8 Å². The summed E-state index contributed by atoms with van der Waals surface area (Å²) in [5.41, 5.74) is 0.215. The Bertz CT molecular complexity index is 538. The van der Waals surface area contributed by atoms with Crippen LogP contribution in [0.4, 0.5) is 0 Å². The minimum Gasteiger partial charge on any atom is -0.396 e. The number of thiophene rings is 1. The van der Waals surface area contributed by atoms with Gasteiger partial charge < -0.3 is 14.9 Å². The van der Waals surface area contributed by atoms with E-state index < -0.39 is 0 Å². The quantitative estimate of drug-likeness (QED) is 0.826. The van der Waals surface area contributed by atoms with Gasteiger partial charge in [0.25, 0.3) is 5.91 Å². The molecule has 5 nitrogen and oxygen atoms in total. The van der Waals surface area contributed by atoms with E-state index in [1.807, 2.05) is 0 Å². The number of aliphatic hydroxyl groups is 1. The Morgan fingerprint density at radius 3 is 3.06 bits per heavy atom. The highest BCUT2D eigenvalue weighted by molar-refractivity contribution is 7.19. The Morgan fingerprint density at radius 2 is 2.39 bits per heavy atom. The molecule has 0 atom stereocenters. The Morgan fingerprint density at radius 1 is 1.56 bits per heavy atom. The van der Waals surface area contributed by atoms with Gasteiger partial charge in [-0.15, -0.1) is 11.3 Å². The first-order valence-electron chi connectivity index (χ1n) is 5.32. The lowest BCUT2D eigenvalue weighted by molar-refractivity contribution is 0.0942. The lowest BCUT2D eigenvalue weighted by atomic mass is 10.3. The summed E-state index contributed by atoms with van der Waals surface area (Å²) in [5, 5.41) is 14.9. The zero-order valence-electron chi connectivity index (χ0n) is 9.35. The third-order valence-corrected chi connectivity index (χ3v) is 3.43. The van der Waals surface area contributed by atoms with Gasteiger partial charge in [0, 0.05) is 19.2 Å². The van der Waals surface area contributed by atoms with Gasteiger partial charge in [-0.3, -0.25) is 4.79 Å². The van der Waals surface area contributed by atoms with Crippen LogP contribution in [-0.4, -0.2) is 29.3 Å². The van der Waals surface area contributed by atoms with E-state index in [4.69, 9.17) is 21.2 Å². The normalized spacial score (nSPS) is 10.6. The van der Waals surface area contributed by atoms with Gasteiger partial charge in [0.15, 0.2) is 11.5 Å². The SMILES string of the molecule is O=C(NCCCO)c1cc(-c2ccc(Cl)s2)on1. The average Bonchev–Trinajstić information content (AvgIpc) is 2.97. The van der Waals surface area contributed by atoms with Crippen LogP contribution < -0.4 is 5.32 Å². The second-order valence-electron chi connectivity index (χ2n) is 3.51. The molecule has 1 amide bonds. The molecule has 2 aromatic rings. The molecular formula is C11H11ClN2O3S. The van der Waals surface area contributed by atoms with E-state index in [0.717, 1.165) is 4.88 Å². The van der Waals surface area contributed by atoms with Crippen molar-refractivity contribution in [2.24, 2.45) is 0 Å². The molecule has 18 heavy (non-hydrogen) atoms. The molecule has 0 saturated heterocycles. The molecular weight excluding hydrogens is 276 g/mol. The summed E-state index contributed by atoms with van der Waals surface area (Å²) in [4.78, 5) is 12.5. The molecule has 7 heteroatoms. The summed E-state index contributed by atoms with van der Waals surface area (Å²) in [7, 11) is 0. The lowest BCUT2D eigenvalue weighted by Gasteiger charge is -1.99. The maximum Gasteiger partial charge on any atom is 0.273 e. The minimum atomic E-state index is -0.318. The molecule has 0 aromatic carbocycles. The van der Waals surface area contributed by atoms with E-state index >= 15 is 0 Å². The van der Waals surface area contributed by atoms with Crippen LogP contribution in [0.25, 0.3) is 10.6 Å². The van der Waals surface area contributed by atoms with Crippen molar-refractivity contribution in [3.05, 3.63) is 28.2 Å². The van der Waals surface area contributed by atoms with Crippen molar-refractivity contribution in [2.75, 3.05) is 13.2 Å². The van der Waals surface area contributed by atoms with Crippen molar-refractivity contribution in [1.82, 2.24) is 10.5 Å². The average molecular weight is 287 g/mol. The number of nitrogens with one attached hydrogen (secondary N) is 1. The minimum absolute atomic E-state index is 0.0397. The summed E-state index contributed by atoms with van der Waals surface area (Å²) in [6.45, 7) is 0.445. The van der Waals surface area contributed by atoms with Crippen LogP contribution in [0.3, 0.4) is 0 Å². The molecule has 0 spiro atoms. The Hall–Kier alpha value is -1.37. The molecule has 0 aliphatic carbocycles. The fourth-order valence-electron chi connectivity index (χ4n) is 1.32. The van der Waals surface area contributed by atoms with Gasteiger partial charge in [0.05, 0.1) is 9.21 Å². The van der Waals surface area contributed by atoms with Gasteiger partial charge in [-0.2, -0.15) is 0 Å². The van der Waals surface area contributed by atoms with Gasteiger partial charge in [-0.25, -0.2) is 0 Å². The van der Waals surface area contributed by atoms with Crippen molar-refractivity contribution in [3.8, 4) is 10.6 Å². The van der Waals surface area contributed by atoms with E-state index in [9.17, 15) is 4.79 Å². The summed E-state index contributed by atoms with van der Waals surface area (Å²) in [6.07, 6.45) is 0.511. The van der Waals surface area contributed by atoms with Gasteiger partial charge >= 0.3 is 0 Å². The van der Waals surface area contributed by atoms with Gasteiger partial charge in [0.2, 0.25) is 0 Å². The predicted molar refractivity (Wildman–Crippen MR) is 68.9 cm³/mol. The Labute approximate surface area is 112 Å².